The number of para-hydroxylation sites is 2. The van der Waals surface area contributed by atoms with Crippen molar-refractivity contribution in [2.24, 2.45) is 11.8 Å². The van der Waals surface area contributed by atoms with Gasteiger partial charge < -0.3 is 9.80 Å². The second kappa shape index (κ2) is 8.80. The van der Waals surface area contributed by atoms with E-state index < -0.39 is 11.8 Å². The summed E-state index contributed by atoms with van der Waals surface area (Å²) in [5.74, 6) is -1.44. The Morgan fingerprint density at radius 2 is 0.750 bits per heavy atom. The van der Waals surface area contributed by atoms with Gasteiger partial charge in [0.25, 0.3) is 0 Å². The van der Waals surface area contributed by atoms with Crippen LogP contribution in [-0.2, 0) is 9.59 Å². The topological polar surface area (TPSA) is 40.6 Å². The molecule has 0 heterocycles. The third kappa shape index (κ3) is 3.36. The third-order valence-corrected chi connectivity index (χ3v) is 7.96. The quantitative estimate of drug-likeness (QED) is 0.375. The average molecular weight is 473 g/mol. The fourth-order valence-electron chi connectivity index (χ4n) is 6.28. The van der Waals surface area contributed by atoms with Crippen molar-refractivity contribution < 1.29 is 9.59 Å². The minimum atomic E-state index is -0.510. The number of amides is 2. The summed E-state index contributed by atoms with van der Waals surface area (Å²) in [5, 5.41) is 0. The van der Waals surface area contributed by atoms with Crippen LogP contribution in [0.1, 0.15) is 34.1 Å². The molecule has 4 aromatic carbocycles. The van der Waals surface area contributed by atoms with Crippen LogP contribution in [-0.4, -0.2) is 25.9 Å². The van der Waals surface area contributed by atoms with E-state index in [-0.39, 0.29) is 23.7 Å². The Hall–Kier alpha value is -4.18. The van der Waals surface area contributed by atoms with E-state index in [2.05, 4.69) is 24.3 Å². The molecular formula is C32H28N2O2. The smallest absolute Gasteiger partial charge is 0.231 e. The van der Waals surface area contributed by atoms with Crippen LogP contribution < -0.4 is 9.80 Å². The maximum Gasteiger partial charge on any atom is 0.231 e. The standard InChI is InChI=1S/C32H28N2O2/c1-33(21-13-5-3-6-14-21)31(35)29-27-23-17-9-11-19-25(23)28(26-20-12-10-18-24(26)27)30(29)32(36)34(2)22-15-7-4-8-16-22/h3-20,27-30H,1-2H3. The van der Waals surface area contributed by atoms with Gasteiger partial charge in [-0.3, -0.25) is 9.59 Å². The van der Waals surface area contributed by atoms with Gasteiger partial charge in [-0.05, 0) is 46.5 Å². The Morgan fingerprint density at radius 3 is 1.06 bits per heavy atom. The monoisotopic (exact) mass is 472 g/mol. The molecule has 0 spiro atoms. The molecule has 0 aromatic heterocycles. The molecule has 0 fully saturated rings. The van der Waals surface area contributed by atoms with E-state index in [4.69, 9.17) is 0 Å². The van der Waals surface area contributed by atoms with Crippen molar-refractivity contribution in [3.05, 3.63) is 131 Å². The van der Waals surface area contributed by atoms with Crippen molar-refractivity contribution in [1.29, 1.82) is 0 Å². The molecule has 0 saturated carbocycles. The SMILES string of the molecule is CN(C(=O)C1C2c3ccccc3C(c3ccccc32)C1C(=O)N(C)c1ccccc1)c1ccccc1. The van der Waals surface area contributed by atoms with Gasteiger partial charge in [0.1, 0.15) is 0 Å². The van der Waals surface area contributed by atoms with Crippen LogP contribution in [0.15, 0.2) is 109 Å². The summed E-state index contributed by atoms with van der Waals surface area (Å²) in [7, 11) is 3.64. The molecule has 0 radical (unpaired) electrons. The van der Waals surface area contributed by atoms with Crippen molar-refractivity contribution in [3.8, 4) is 0 Å². The van der Waals surface area contributed by atoms with Gasteiger partial charge in [0.2, 0.25) is 11.8 Å². The maximum absolute atomic E-state index is 14.3. The molecule has 4 aromatic rings. The molecule has 2 unspecified atom stereocenters. The number of anilines is 2. The zero-order valence-corrected chi connectivity index (χ0v) is 20.4. The van der Waals surface area contributed by atoms with E-state index in [1.165, 1.54) is 0 Å². The normalized spacial score (nSPS) is 21.3. The Labute approximate surface area is 211 Å². The highest BCUT2D eigenvalue weighted by Gasteiger charge is 2.56. The molecule has 2 bridgehead atoms. The van der Waals surface area contributed by atoms with Crippen molar-refractivity contribution in [3.63, 3.8) is 0 Å². The van der Waals surface area contributed by atoms with Crippen LogP contribution in [0.5, 0.6) is 0 Å². The third-order valence-electron chi connectivity index (χ3n) is 7.96. The predicted octanol–water partition coefficient (Wildman–Crippen LogP) is 5.84. The molecule has 3 aliphatic carbocycles. The van der Waals surface area contributed by atoms with Gasteiger partial charge in [-0.25, -0.2) is 0 Å². The largest absolute Gasteiger partial charge is 0.315 e. The lowest BCUT2D eigenvalue weighted by atomic mass is 9.53. The molecule has 3 aliphatic rings. The second-order valence-electron chi connectivity index (χ2n) is 9.73. The van der Waals surface area contributed by atoms with Crippen molar-refractivity contribution in [2.45, 2.75) is 11.8 Å². The maximum atomic E-state index is 14.3. The number of hydrogen-bond donors (Lipinski definition) is 0. The fourth-order valence-corrected chi connectivity index (χ4v) is 6.28. The van der Waals surface area contributed by atoms with Gasteiger partial charge in [0, 0.05) is 37.3 Å². The van der Waals surface area contributed by atoms with Gasteiger partial charge in [0.05, 0.1) is 11.8 Å². The van der Waals surface area contributed by atoms with Crippen molar-refractivity contribution in [2.75, 3.05) is 23.9 Å². The lowest BCUT2D eigenvalue weighted by molar-refractivity contribution is -0.133. The van der Waals surface area contributed by atoms with Crippen molar-refractivity contribution in [1.82, 2.24) is 0 Å². The fraction of sp³-hybridized carbons (Fsp3) is 0.188. The minimum absolute atomic E-state index is 0.0278. The van der Waals surface area contributed by atoms with E-state index in [1.54, 1.807) is 9.80 Å². The molecule has 178 valence electrons. The van der Waals surface area contributed by atoms with Gasteiger partial charge in [-0.1, -0.05) is 84.9 Å². The first-order valence-corrected chi connectivity index (χ1v) is 12.4. The van der Waals surface area contributed by atoms with Crippen LogP contribution in [0.3, 0.4) is 0 Å². The summed E-state index contributed by atoms with van der Waals surface area (Å²) in [6, 6.07) is 36.1. The van der Waals surface area contributed by atoms with Crippen LogP contribution in [0, 0.1) is 11.8 Å². The van der Waals surface area contributed by atoms with E-state index in [9.17, 15) is 9.59 Å². The Balaban J connectivity index is 1.53. The molecule has 7 rings (SSSR count). The zero-order chi connectivity index (χ0) is 24.8. The first-order valence-electron chi connectivity index (χ1n) is 12.4. The molecule has 36 heavy (non-hydrogen) atoms. The minimum Gasteiger partial charge on any atom is -0.315 e. The summed E-state index contributed by atoms with van der Waals surface area (Å²) >= 11 is 0. The summed E-state index contributed by atoms with van der Waals surface area (Å²) in [4.78, 5) is 32.1. The molecule has 0 N–H and O–H groups in total. The highest BCUT2D eigenvalue weighted by atomic mass is 16.2. The Bertz CT molecular complexity index is 1280. The predicted molar refractivity (Wildman–Crippen MR) is 143 cm³/mol. The molecule has 4 nitrogen and oxygen atoms in total. The van der Waals surface area contributed by atoms with E-state index >= 15 is 0 Å². The molecular weight excluding hydrogens is 444 g/mol. The molecule has 2 atom stereocenters. The van der Waals surface area contributed by atoms with Gasteiger partial charge in [-0.2, -0.15) is 0 Å². The first-order chi connectivity index (χ1) is 17.6. The number of carbonyl (C=O) groups excluding carboxylic acids is 2. The summed E-state index contributed by atoms with van der Waals surface area (Å²) in [5.41, 5.74) is 6.29. The van der Waals surface area contributed by atoms with Crippen LogP contribution >= 0.6 is 0 Å². The second-order valence-corrected chi connectivity index (χ2v) is 9.73. The van der Waals surface area contributed by atoms with E-state index in [0.29, 0.717) is 0 Å². The number of nitrogens with zero attached hydrogens (tertiary/aromatic N) is 2. The number of hydrogen-bond acceptors (Lipinski definition) is 2. The summed E-state index contributed by atoms with van der Waals surface area (Å²) in [6.07, 6.45) is 0. The lowest BCUT2D eigenvalue weighted by Crippen LogP contribution is -2.53. The number of benzene rings is 4. The Morgan fingerprint density at radius 1 is 0.472 bits per heavy atom. The highest BCUT2D eigenvalue weighted by molar-refractivity contribution is 6.04. The number of rotatable bonds is 4. The zero-order valence-electron chi connectivity index (χ0n) is 20.4. The van der Waals surface area contributed by atoms with Crippen LogP contribution in [0.2, 0.25) is 0 Å². The van der Waals surface area contributed by atoms with Gasteiger partial charge >= 0.3 is 0 Å². The molecule has 4 heteroatoms. The molecule has 0 aliphatic heterocycles. The van der Waals surface area contributed by atoms with Gasteiger partial charge in [0.15, 0.2) is 0 Å². The van der Waals surface area contributed by atoms with E-state index in [0.717, 1.165) is 33.6 Å². The highest BCUT2D eigenvalue weighted by Crippen LogP contribution is 2.59. The average Bonchev–Trinajstić information content (AvgIpc) is 2.96. The van der Waals surface area contributed by atoms with Crippen molar-refractivity contribution >= 4 is 23.2 Å². The van der Waals surface area contributed by atoms with E-state index in [1.807, 2.05) is 99.0 Å². The van der Waals surface area contributed by atoms with Gasteiger partial charge in [-0.15, -0.1) is 0 Å². The number of carbonyl (C=O) groups is 2. The van der Waals surface area contributed by atoms with Crippen LogP contribution in [0.25, 0.3) is 0 Å². The number of fused-ring (bicyclic) bond motifs is 1. The Kier molecular flexibility index (Phi) is 5.45. The molecule has 0 saturated heterocycles. The summed E-state index contributed by atoms with van der Waals surface area (Å²) < 4.78 is 0. The first kappa shape index (κ1) is 22.3. The molecule has 2 amide bonds. The lowest BCUT2D eigenvalue weighted by Gasteiger charge is -2.50. The summed E-state index contributed by atoms with van der Waals surface area (Å²) in [6.45, 7) is 0. The van der Waals surface area contributed by atoms with Crippen LogP contribution in [0.4, 0.5) is 11.4 Å².